The second-order valence-electron chi connectivity index (χ2n) is 11.1. The predicted octanol–water partition coefficient (Wildman–Crippen LogP) is 9.03. The molecule has 0 saturated carbocycles. The molecule has 8 aromatic rings. The van der Waals surface area contributed by atoms with E-state index in [-0.39, 0.29) is 0 Å². The van der Waals surface area contributed by atoms with E-state index in [0.29, 0.717) is 22.3 Å². The van der Waals surface area contributed by atoms with Crippen LogP contribution in [0.15, 0.2) is 121 Å². The zero-order chi connectivity index (χ0) is 31.4. The van der Waals surface area contributed by atoms with Gasteiger partial charge in [-0.1, -0.05) is 60.7 Å². The van der Waals surface area contributed by atoms with E-state index in [1.165, 1.54) is 0 Å². The van der Waals surface area contributed by atoms with Gasteiger partial charge in [0.05, 0.1) is 56.1 Å². The first kappa shape index (κ1) is 26.5. The minimum absolute atomic E-state index is 0.333. The van der Waals surface area contributed by atoms with Crippen LogP contribution in [0.3, 0.4) is 0 Å². The van der Waals surface area contributed by atoms with Crippen molar-refractivity contribution in [1.82, 2.24) is 9.13 Å². The molecule has 0 saturated heterocycles. The maximum Gasteiger partial charge on any atom is 0.101 e. The number of para-hydroxylation sites is 2. The Balaban J connectivity index is 1.39. The molecule has 0 unspecified atom stereocenters. The second kappa shape index (κ2) is 10.3. The summed E-state index contributed by atoms with van der Waals surface area (Å²) in [6.07, 6.45) is 0. The van der Waals surface area contributed by atoms with Gasteiger partial charge in [-0.2, -0.15) is 21.0 Å². The Labute approximate surface area is 263 Å². The van der Waals surface area contributed by atoms with Gasteiger partial charge in [-0.3, -0.25) is 0 Å². The lowest BCUT2D eigenvalue weighted by Crippen LogP contribution is -1.98. The normalized spacial score (nSPS) is 11.0. The predicted molar refractivity (Wildman–Crippen MR) is 179 cm³/mol. The van der Waals surface area contributed by atoms with E-state index in [1.807, 2.05) is 42.5 Å². The summed E-state index contributed by atoms with van der Waals surface area (Å²) in [4.78, 5) is 0. The van der Waals surface area contributed by atoms with Crippen LogP contribution in [0.2, 0.25) is 0 Å². The van der Waals surface area contributed by atoms with Crippen molar-refractivity contribution in [2.75, 3.05) is 0 Å². The van der Waals surface area contributed by atoms with E-state index < -0.39 is 0 Å². The molecule has 2 heterocycles. The number of fused-ring (bicyclic) bond motifs is 6. The number of benzene rings is 6. The highest BCUT2D eigenvalue weighted by atomic mass is 15.0. The molecule has 2 aromatic heterocycles. The van der Waals surface area contributed by atoms with Crippen molar-refractivity contribution in [3.63, 3.8) is 0 Å². The number of nitriles is 4. The Morgan fingerprint density at radius 3 is 1.57 bits per heavy atom. The average molecular weight is 585 g/mol. The summed E-state index contributed by atoms with van der Waals surface area (Å²) in [6, 6.07) is 48.4. The summed E-state index contributed by atoms with van der Waals surface area (Å²) >= 11 is 0. The zero-order valence-corrected chi connectivity index (χ0v) is 24.2. The van der Waals surface area contributed by atoms with Gasteiger partial charge >= 0.3 is 0 Å². The maximum atomic E-state index is 10.0. The van der Waals surface area contributed by atoms with Crippen LogP contribution in [0.1, 0.15) is 22.3 Å². The minimum Gasteiger partial charge on any atom is -0.309 e. The van der Waals surface area contributed by atoms with E-state index >= 15 is 0 Å². The summed E-state index contributed by atoms with van der Waals surface area (Å²) in [5.41, 5.74) is 8.98. The molecule has 0 aliphatic rings. The molecular formula is C40H20N6. The third kappa shape index (κ3) is 3.86. The van der Waals surface area contributed by atoms with Gasteiger partial charge in [0.15, 0.2) is 0 Å². The van der Waals surface area contributed by atoms with Gasteiger partial charge < -0.3 is 9.13 Å². The summed E-state index contributed by atoms with van der Waals surface area (Å²) in [7, 11) is 0. The molecule has 6 aromatic carbocycles. The van der Waals surface area contributed by atoms with Gasteiger partial charge in [0.1, 0.15) is 18.2 Å². The van der Waals surface area contributed by atoms with Crippen LogP contribution in [-0.4, -0.2) is 9.13 Å². The van der Waals surface area contributed by atoms with Crippen molar-refractivity contribution in [2.24, 2.45) is 0 Å². The lowest BCUT2D eigenvalue weighted by molar-refractivity contribution is 1.16. The topological polar surface area (TPSA) is 105 Å². The lowest BCUT2D eigenvalue weighted by Gasteiger charge is -2.12. The average Bonchev–Trinajstić information content (AvgIpc) is 3.63. The Hall–Kier alpha value is -7.12. The molecule has 210 valence electrons. The van der Waals surface area contributed by atoms with Crippen molar-refractivity contribution >= 4 is 43.6 Å². The standard InChI is InChI=1S/C40H20N6/c41-21-25-9-16-36(30(17-25)24-44)46-38-8-4-2-6-33(38)35-15-12-27(20-40(35)46)26-11-14-34-32-5-1-3-7-37(32)45(39(34)19-26)31-13-10-28(22-42)29(18-31)23-43/h1-20H. The fourth-order valence-electron chi connectivity index (χ4n) is 6.59. The van der Waals surface area contributed by atoms with Crippen molar-refractivity contribution in [1.29, 1.82) is 21.0 Å². The molecule has 6 heteroatoms. The molecule has 0 spiro atoms. The van der Waals surface area contributed by atoms with Crippen LogP contribution in [0.4, 0.5) is 0 Å². The van der Waals surface area contributed by atoms with Crippen molar-refractivity contribution in [2.45, 2.75) is 0 Å². The molecule has 0 atom stereocenters. The third-order valence-corrected chi connectivity index (χ3v) is 8.67. The van der Waals surface area contributed by atoms with Crippen LogP contribution in [0.25, 0.3) is 66.1 Å². The van der Waals surface area contributed by atoms with E-state index in [1.54, 1.807) is 24.3 Å². The number of hydrogen-bond acceptors (Lipinski definition) is 4. The SMILES string of the molecule is N#Cc1ccc(-n2c3ccccc3c3ccc(-c4ccc5c6ccccc6n(-c6ccc(C#N)c(C#N)c6)c5c4)cc32)c(C#N)c1. The summed E-state index contributed by atoms with van der Waals surface area (Å²) in [5.74, 6) is 0. The minimum atomic E-state index is 0.333. The summed E-state index contributed by atoms with van der Waals surface area (Å²) in [6.45, 7) is 0. The van der Waals surface area contributed by atoms with E-state index in [0.717, 1.165) is 66.1 Å². The number of aromatic nitrogens is 2. The van der Waals surface area contributed by atoms with Crippen molar-refractivity contribution in [3.8, 4) is 46.8 Å². The van der Waals surface area contributed by atoms with Gasteiger partial charge in [0.25, 0.3) is 0 Å². The molecule has 0 fully saturated rings. The Bertz CT molecular complexity index is 2750. The maximum absolute atomic E-state index is 10.0. The van der Waals surface area contributed by atoms with Crippen LogP contribution in [0.5, 0.6) is 0 Å². The number of rotatable bonds is 3. The first-order chi connectivity index (χ1) is 22.6. The molecule has 0 amide bonds. The first-order valence-electron chi connectivity index (χ1n) is 14.6. The quantitative estimate of drug-likeness (QED) is 0.207. The van der Waals surface area contributed by atoms with E-state index in [2.05, 4.69) is 88.0 Å². The first-order valence-corrected chi connectivity index (χ1v) is 14.6. The molecule has 46 heavy (non-hydrogen) atoms. The Kier molecular flexibility index (Phi) is 5.91. The number of nitrogens with zero attached hydrogens (tertiary/aromatic N) is 6. The van der Waals surface area contributed by atoms with Crippen molar-refractivity contribution < 1.29 is 0 Å². The van der Waals surface area contributed by atoms with E-state index in [9.17, 15) is 21.0 Å². The van der Waals surface area contributed by atoms with E-state index in [4.69, 9.17) is 0 Å². The van der Waals surface area contributed by atoms with Crippen LogP contribution in [0, 0.1) is 45.3 Å². The molecule has 6 nitrogen and oxygen atoms in total. The van der Waals surface area contributed by atoms with Gasteiger partial charge in [0.2, 0.25) is 0 Å². The van der Waals surface area contributed by atoms with Crippen molar-refractivity contribution in [3.05, 3.63) is 144 Å². The van der Waals surface area contributed by atoms with Crippen LogP contribution >= 0.6 is 0 Å². The molecule has 0 aliphatic heterocycles. The second-order valence-corrected chi connectivity index (χ2v) is 11.1. The zero-order valence-electron chi connectivity index (χ0n) is 24.2. The summed E-state index contributed by atoms with van der Waals surface area (Å²) in [5, 5.41) is 43.1. The van der Waals surface area contributed by atoms with Gasteiger partial charge in [-0.15, -0.1) is 0 Å². The molecular weight excluding hydrogens is 564 g/mol. The lowest BCUT2D eigenvalue weighted by atomic mass is 10.0. The van der Waals surface area contributed by atoms with Crippen LogP contribution in [-0.2, 0) is 0 Å². The Morgan fingerprint density at radius 2 is 0.957 bits per heavy atom. The fraction of sp³-hybridized carbons (Fsp3) is 0. The smallest absolute Gasteiger partial charge is 0.101 e. The molecule has 0 aliphatic carbocycles. The molecule has 0 N–H and O–H groups in total. The fourth-order valence-corrected chi connectivity index (χ4v) is 6.59. The Morgan fingerprint density at radius 1 is 0.391 bits per heavy atom. The largest absolute Gasteiger partial charge is 0.309 e. The van der Waals surface area contributed by atoms with Gasteiger partial charge in [0, 0.05) is 27.2 Å². The highest BCUT2D eigenvalue weighted by Gasteiger charge is 2.18. The third-order valence-electron chi connectivity index (χ3n) is 8.67. The molecule has 8 rings (SSSR count). The van der Waals surface area contributed by atoms with Gasteiger partial charge in [-0.25, -0.2) is 0 Å². The molecule has 0 radical (unpaired) electrons. The number of hydrogen-bond donors (Lipinski definition) is 0. The summed E-state index contributed by atoms with van der Waals surface area (Å²) < 4.78 is 4.24. The molecule has 0 bridgehead atoms. The van der Waals surface area contributed by atoms with Gasteiger partial charge in [-0.05, 0) is 71.8 Å². The highest BCUT2D eigenvalue weighted by Crippen LogP contribution is 2.38. The highest BCUT2D eigenvalue weighted by molar-refractivity contribution is 6.12. The monoisotopic (exact) mass is 584 g/mol. The van der Waals surface area contributed by atoms with Crippen LogP contribution < -0.4 is 0 Å².